The van der Waals surface area contributed by atoms with Crippen molar-refractivity contribution >= 4 is 20.4 Å². The fraction of sp³-hybridized carbons (Fsp3) is 0. The van der Waals surface area contributed by atoms with Crippen molar-refractivity contribution in [3.05, 3.63) is 48.5 Å². The van der Waals surface area contributed by atoms with Gasteiger partial charge in [-0.25, -0.2) is 0 Å². The molecule has 0 unspecified atom stereocenters. The van der Waals surface area contributed by atoms with Crippen molar-refractivity contribution in [3.63, 3.8) is 0 Å². The molecule has 2 aromatic rings. The monoisotopic (exact) mass is 318 g/mol. The molecule has 0 saturated heterocycles. The van der Waals surface area contributed by atoms with Gasteiger partial charge in [-0.3, -0.25) is 0 Å². The average molecular weight is 318 g/mol. The fourth-order valence-corrected chi connectivity index (χ4v) is 3.73. The molecule has 0 aromatic heterocycles. The molecule has 0 saturated carbocycles. The van der Waals surface area contributed by atoms with Gasteiger partial charge < -0.3 is 0 Å². The van der Waals surface area contributed by atoms with Crippen LogP contribution >= 0.6 is 0 Å². The van der Waals surface area contributed by atoms with Gasteiger partial charge in [0.05, 0.1) is 0 Å². The second-order valence-electron chi connectivity index (χ2n) is 3.87. The van der Waals surface area contributed by atoms with E-state index in [1.54, 1.807) is 18.2 Å². The lowest BCUT2D eigenvalue weighted by molar-refractivity contribution is 0.536. The number of rotatable bonds is 3. The van der Waals surface area contributed by atoms with E-state index in [4.69, 9.17) is 0 Å². The molecule has 2 rings (SSSR count). The largest absolute Gasteiger partial charge is 0.334 e. The average Bonchev–Trinajstić information content (AvgIpc) is 2.37. The van der Waals surface area contributed by atoms with Crippen LogP contribution in [0.2, 0.25) is 0 Å². The summed E-state index contributed by atoms with van der Waals surface area (Å²) in [5, 5.41) is 0. The zero-order valence-corrected chi connectivity index (χ0v) is 11.5. The van der Waals surface area contributed by atoms with E-state index in [1.807, 2.05) is 0 Å². The minimum Gasteiger partial charge on any atom is -0.189 e. The molecule has 8 heteroatoms. The van der Waals surface area contributed by atoms with Gasteiger partial charge in [-0.2, -0.15) is 16.8 Å². The molecule has 2 aromatic carbocycles. The number of hydrogen-bond donors (Lipinski definition) is 0. The summed E-state index contributed by atoms with van der Waals surface area (Å²) >= 11 is 0. The molecule has 0 atom stereocenters. The van der Waals surface area contributed by atoms with Crippen LogP contribution < -0.4 is 0 Å². The van der Waals surface area contributed by atoms with Crippen molar-refractivity contribution in [2.24, 2.45) is 0 Å². The summed E-state index contributed by atoms with van der Waals surface area (Å²) in [5.74, 6) is 0. The lowest BCUT2D eigenvalue weighted by atomic mass is 10.1. The second kappa shape index (κ2) is 4.95. The summed E-state index contributed by atoms with van der Waals surface area (Å²) in [6, 6.07) is 10.7. The van der Waals surface area contributed by atoms with Gasteiger partial charge in [0, 0.05) is 5.56 Å². The molecule has 0 amide bonds. The van der Waals surface area contributed by atoms with Crippen LogP contribution in [0.15, 0.2) is 58.3 Å². The van der Waals surface area contributed by atoms with E-state index < -0.39 is 30.2 Å². The predicted molar refractivity (Wildman–Crippen MR) is 68.5 cm³/mol. The third kappa shape index (κ3) is 2.86. The minimum atomic E-state index is -5.41. The van der Waals surface area contributed by atoms with E-state index in [0.29, 0.717) is 6.07 Å². The molecule has 0 N–H and O–H groups in total. The summed E-state index contributed by atoms with van der Waals surface area (Å²) in [7, 11) is -10.8. The van der Waals surface area contributed by atoms with E-state index in [-0.39, 0.29) is 11.1 Å². The molecule has 20 heavy (non-hydrogen) atoms. The highest BCUT2D eigenvalue weighted by Crippen LogP contribution is 2.34. The van der Waals surface area contributed by atoms with Crippen LogP contribution in [0, 0.1) is 0 Å². The molecule has 0 spiro atoms. The van der Waals surface area contributed by atoms with Gasteiger partial charge in [-0.1, -0.05) is 42.5 Å². The van der Waals surface area contributed by atoms with E-state index in [2.05, 4.69) is 0 Å². The minimum absolute atomic E-state index is 0.216. The Morgan fingerprint density at radius 3 is 1.80 bits per heavy atom. The molecule has 0 bridgehead atoms. The Balaban J connectivity index is 2.92. The van der Waals surface area contributed by atoms with Gasteiger partial charge in [0.25, 0.3) is 0 Å². The maximum absolute atomic E-state index is 13.4. The first-order valence-electron chi connectivity index (χ1n) is 5.29. The number of halogens is 2. The highest BCUT2D eigenvalue weighted by Gasteiger charge is 2.29. The van der Waals surface area contributed by atoms with E-state index in [1.165, 1.54) is 18.2 Å². The van der Waals surface area contributed by atoms with Crippen LogP contribution in [-0.2, 0) is 20.4 Å². The standard InChI is InChI=1S/C12H8F2O4S2/c13-19(15,16)11-8-4-7-10(12(11)20(14,17)18)9-5-2-1-3-6-9/h1-8H. The topological polar surface area (TPSA) is 68.3 Å². The third-order valence-corrected chi connectivity index (χ3v) is 4.49. The van der Waals surface area contributed by atoms with Gasteiger partial charge in [0.1, 0.15) is 9.79 Å². The van der Waals surface area contributed by atoms with Crippen LogP contribution in [0.25, 0.3) is 11.1 Å². The maximum atomic E-state index is 13.4. The molecule has 0 aliphatic rings. The smallest absolute Gasteiger partial charge is 0.189 e. The van der Waals surface area contributed by atoms with E-state index in [0.717, 1.165) is 6.07 Å². The lowest BCUT2D eigenvalue weighted by Gasteiger charge is -2.09. The predicted octanol–water partition coefficient (Wildman–Crippen LogP) is 2.67. The highest BCUT2D eigenvalue weighted by molar-refractivity contribution is 7.89. The van der Waals surface area contributed by atoms with Crippen molar-refractivity contribution in [2.45, 2.75) is 9.79 Å². The van der Waals surface area contributed by atoms with Gasteiger partial charge in [-0.15, -0.1) is 7.77 Å². The van der Waals surface area contributed by atoms with Crippen molar-refractivity contribution < 1.29 is 24.6 Å². The van der Waals surface area contributed by atoms with Crippen molar-refractivity contribution in [2.75, 3.05) is 0 Å². The highest BCUT2D eigenvalue weighted by atomic mass is 32.3. The lowest BCUT2D eigenvalue weighted by Crippen LogP contribution is -2.05. The Bertz CT molecular complexity index is 844. The molecular weight excluding hydrogens is 310 g/mol. The maximum Gasteiger partial charge on any atom is 0.334 e. The second-order valence-corrected chi connectivity index (χ2v) is 6.47. The first-order valence-corrected chi connectivity index (χ1v) is 8.06. The fourth-order valence-electron chi connectivity index (χ4n) is 1.80. The van der Waals surface area contributed by atoms with Gasteiger partial charge >= 0.3 is 20.4 Å². The van der Waals surface area contributed by atoms with E-state index in [9.17, 15) is 24.6 Å². The Kier molecular flexibility index (Phi) is 3.61. The van der Waals surface area contributed by atoms with Crippen molar-refractivity contribution in [1.29, 1.82) is 0 Å². The molecule has 4 nitrogen and oxygen atoms in total. The van der Waals surface area contributed by atoms with Crippen LogP contribution in [0.3, 0.4) is 0 Å². The van der Waals surface area contributed by atoms with Gasteiger partial charge in [0.2, 0.25) is 0 Å². The molecule has 0 heterocycles. The number of hydrogen-bond acceptors (Lipinski definition) is 4. The summed E-state index contributed by atoms with van der Waals surface area (Å²) in [5.41, 5.74) is 0.0426. The normalized spacial score (nSPS) is 12.3. The Labute approximate surface area is 115 Å². The molecule has 0 fully saturated rings. The summed E-state index contributed by atoms with van der Waals surface area (Å²) < 4.78 is 70.9. The first kappa shape index (κ1) is 14.6. The summed E-state index contributed by atoms with van der Waals surface area (Å²) in [6.07, 6.45) is 0. The van der Waals surface area contributed by atoms with Crippen LogP contribution in [-0.4, -0.2) is 16.8 Å². The van der Waals surface area contributed by atoms with Crippen molar-refractivity contribution in [3.8, 4) is 11.1 Å². The third-order valence-electron chi connectivity index (χ3n) is 2.57. The zero-order valence-electron chi connectivity index (χ0n) is 9.82. The van der Waals surface area contributed by atoms with Gasteiger partial charge in [-0.05, 0) is 11.6 Å². The summed E-state index contributed by atoms with van der Waals surface area (Å²) in [4.78, 5) is -2.39. The van der Waals surface area contributed by atoms with Crippen LogP contribution in [0.1, 0.15) is 0 Å². The quantitative estimate of drug-likeness (QED) is 0.816. The van der Waals surface area contributed by atoms with Crippen LogP contribution in [0.5, 0.6) is 0 Å². The number of benzene rings is 2. The zero-order chi connectivity index (χ0) is 15.0. The van der Waals surface area contributed by atoms with E-state index >= 15 is 0 Å². The molecule has 0 radical (unpaired) electrons. The Hall–Kier alpha value is -1.80. The molecule has 0 aliphatic carbocycles. The molecule has 106 valence electrons. The van der Waals surface area contributed by atoms with Crippen LogP contribution in [0.4, 0.5) is 7.77 Å². The first-order chi connectivity index (χ1) is 9.21. The Morgan fingerprint density at radius 1 is 0.700 bits per heavy atom. The van der Waals surface area contributed by atoms with Crippen molar-refractivity contribution in [1.82, 2.24) is 0 Å². The SMILES string of the molecule is O=S(=O)(F)c1cccc(-c2ccccc2)c1S(=O)(=O)F. The summed E-state index contributed by atoms with van der Waals surface area (Å²) in [6.45, 7) is 0. The molecular formula is C12H8F2O4S2. The Morgan fingerprint density at radius 2 is 1.30 bits per heavy atom. The molecule has 0 aliphatic heterocycles. The van der Waals surface area contributed by atoms with Gasteiger partial charge in [0.15, 0.2) is 0 Å².